The molecular weight excluding hydrogens is 415 g/mol. The van der Waals surface area contributed by atoms with Crippen LogP contribution in [0.25, 0.3) is 0 Å². The van der Waals surface area contributed by atoms with Gasteiger partial charge in [-0.05, 0) is 5.92 Å². The number of carbonyl (C=O) groups excluding carboxylic acids is 1. The third-order valence-corrected chi connectivity index (χ3v) is 8.07. The Morgan fingerprint density at radius 3 is 1.48 bits per heavy atom. The molecule has 0 rings (SSSR count). The van der Waals surface area contributed by atoms with E-state index in [9.17, 15) is 4.79 Å². The number of unbranched alkanes of at least 4 members (excludes halogenated alkanes) is 10. The van der Waals surface area contributed by atoms with E-state index in [1.165, 1.54) is 71.1 Å². The monoisotopic (exact) mass is 462 g/mol. The predicted octanol–water partition coefficient (Wildman–Crippen LogP) is 7.45. The van der Waals surface area contributed by atoms with Crippen LogP contribution in [-0.2, 0) is 9.53 Å². The van der Waals surface area contributed by atoms with Crippen LogP contribution < -0.4 is 0 Å². The fraction of sp³-hybridized carbons (Fsp3) is 0.955. The van der Waals surface area contributed by atoms with Gasteiger partial charge in [0.05, 0.1) is 6.61 Å². The summed E-state index contributed by atoms with van der Waals surface area (Å²) in [5.74, 6) is 0.248. The normalized spacial score (nSPS) is 10.5. The Morgan fingerprint density at radius 1 is 0.760 bits per heavy atom. The zero-order valence-electron chi connectivity index (χ0n) is 18.0. The number of esters is 1. The molecule has 0 aromatic rings. The molecule has 2 nitrogen and oxygen atoms in total. The Bertz CT molecular complexity index is 240. The third kappa shape index (κ3) is 32.4. The first kappa shape index (κ1) is 27.5. The van der Waals surface area contributed by atoms with Gasteiger partial charge in [-0.15, -0.1) is 0 Å². The van der Waals surface area contributed by atoms with Crippen molar-refractivity contribution in [3.8, 4) is 0 Å². The van der Waals surface area contributed by atoms with Crippen LogP contribution >= 0.6 is 0 Å². The molecule has 0 aliphatic carbocycles. The summed E-state index contributed by atoms with van der Waals surface area (Å²) in [6.07, 6.45) is 17.8. The number of hydrogen-bond acceptors (Lipinski definition) is 2. The zero-order chi connectivity index (χ0) is 19.2. The van der Waals surface area contributed by atoms with Gasteiger partial charge in [0.1, 0.15) is 0 Å². The molecule has 0 spiro atoms. The van der Waals surface area contributed by atoms with E-state index in [4.69, 9.17) is 0 Å². The van der Waals surface area contributed by atoms with E-state index in [1.807, 2.05) is 13.8 Å². The molecule has 0 unspecified atom stereocenters. The molecule has 0 heterocycles. The van der Waals surface area contributed by atoms with Crippen molar-refractivity contribution >= 4 is 27.1 Å². The first-order valence-electron chi connectivity index (χ1n) is 10.9. The van der Waals surface area contributed by atoms with Crippen LogP contribution in [-0.4, -0.2) is 33.7 Å². The van der Waals surface area contributed by atoms with E-state index in [0.29, 0.717) is 12.5 Å². The van der Waals surface area contributed by atoms with E-state index in [1.54, 1.807) is 21.7 Å². The molecule has 3 heteroatoms. The van der Waals surface area contributed by atoms with Gasteiger partial charge in [0.15, 0.2) is 0 Å². The second kappa shape index (κ2) is 24.3. The molecule has 2 radical (unpaired) electrons. The van der Waals surface area contributed by atoms with E-state index in [0.717, 1.165) is 0 Å². The molecule has 25 heavy (non-hydrogen) atoms. The Hall–Kier alpha value is 0.269. The maximum atomic E-state index is 10.1. The van der Waals surface area contributed by atoms with Crippen LogP contribution in [0, 0.1) is 5.92 Å². The van der Waals surface area contributed by atoms with Gasteiger partial charge in [-0.2, -0.15) is 0 Å². The van der Waals surface area contributed by atoms with Crippen LogP contribution in [0.2, 0.25) is 8.87 Å². The molecule has 0 aliphatic heterocycles. The quantitative estimate of drug-likeness (QED) is 0.136. The molecular formula is C22H46O2Sn. The number of rotatable bonds is 16. The van der Waals surface area contributed by atoms with Crippen LogP contribution in [0.4, 0.5) is 0 Å². The maximum absolute atomic E-state index is 10.1. The molecule has 0 amide bonds. The molecule has 0 saturated heterocycles. The standard InChI is InChI=1S/2C8H17.C6H12O2.Sn/c2*1-3-5-7-8-6-4-2;1-5(2)4-8-6(3)7;/h2*1,3-8H2,2H3;5H,4H2,1-3H3;. The fourth-order valence-electron chi connectivity index (χ4n) is 2.47. The first-order valence-corrected chi connectivity index (χ1v) is 14.9. The molecule has 0 bridgehead atoms. The summed E-state index contributed by atoms with van der Waals surface area (Å²) < 4.78 is 7.98. The molecule has 0 saturated carbocycles. The third-order valence-electron chi connectivity index (χ3n) is 4.03. The predicted molar refractivity (Wildman–Crippen MR) is 114 cm³/mol. The summed E-state index contributed by atoms with van der Waals surface area (Å²) in [5.41, 5.74) is 0. The van der Waals surface area contributed by atoms with Crippen molar-refractivity contribution in [3.05, 3.63) is 0 Å². The number of ether oxygens (including phenoxy) is 1. The van der Waals surface area contributed by atoms with Gasteiger partial charge in [-0.3, -0.25) is 4.79 Å². The SMILES string of the molecule is CC(=O)OCC(C)C.CCCCCCC[CH2][Sn][CH2]CCCCCCC. The first-order chi connectivity index (χ1) is 12.0. The Morgan fingerprint density at radius 2 is 1.16 bits per heavy atom. The molecule has 0 aromatic carbocycles. The van der Waals surface area contributed by atoms with Crippen molar-refractivity contribution in [1.82, 2.24) is 0 Å². The topological polar surface area (TPSA) is 26.3 Å². The minimum absolute atomic E-state index is 0.0736. The number of carbonyl (C=O) groups is 1. The molecule has 0 aliphatic rings. The van der Waals surface area contributed by atoms with Crippen molar-refractivity contribution in [2.75, 3.05) is 6.61 Å². The fourth-order valence-corrected chi connectivity index (χ4v) is 6.04. The zero-order valence-corrected chi connectivity index (χ0v) is 20.9. The van der Waals surface area contributed by atoms with Gasteiger partial charge in [-0.25, -0.2) is 0 Å². The van der Waals surface area contributed by atoms with Crippen LogP contribution in [0.15, 0.2) is 0 Å². The van der Waals surface area contributed by atoms with Gasteiger partial charge in [-0.1, -0.05) is 13.8 Å². The van der Waals surface area contributed by atoms with E-state index in [2.05, 4.69) is 18.6 Å². The van der Waals surface area contributed by atoms with Crippen molar-refractivity contribution in [2.45, 2.75) is 121 Å². The van der Waals surface area contributed by atoms with Crippen molar-refractivity contribution in [2.24, 2.45) is 5.92 Å². The van der Waals surface area contributed by atoms with E-state index in [-0.39, 0.29) is 27.1 Å². The van der Waals surface area contributed by atoms with Crippen LogP contribution in [0.5, 0.6) is 0 Å². The molecule has 0 atom stereocenters. The number of hydrogen-bond donors (Lipinski definition) is 0. The second-order valence-electron chi connectivity index (χ2n) is 7.48. The van der Waals surface area contributed by atoms with Gasteiger partial charge in [0.25, 0.3) is 0 Å². The van der Waals surface area contributed by atoms with Gasteiger partial charge >= 0.3 is 127 Å². The molecule has 0 N–H and O–H groups in total. The Kier molecular flexibility index (Phi) is 26.7. The molecule has 0 fully saturated rings. The molecule has 0 aromatic heterocycles. The van der Waals surface area contributed by atoms with Gasteiger partial charge < -0.3 is 4.74 Å². The van der Waals surface area contributed by atoms with Gasteiger partial charge in [0, 0.05) is 6.92 Å². The van der Waals surface area contributed by atoms with Crippen molar-refractivity contribution < 1.29 is 9.53 Å². The average Bonchev–Trinajstić information content (AvgIpc) is 2.58. The summed E-state index contributed by atoms with van der Waals surface area (Å²) in [6, 6.07) is 0. The van der Waals surface area contributed by atoms with Crippen molar-refractivity contribution in [1.29, 1.82) is 0 Å². The van der Waals surface area contributed by atoms with Crippen LogP contribution in [0.1, 0.15) is 112 Å². The summed E-state index contributed by atoms with van der Waals surface area (Å²) in [4.78, 5) is 10.1. The summed E-state index contributed by atoms with van der Waals surface area (Å²) in [6.45, 7) is 10.6. The Balaban J connectivity index is 0. The second-order valence-corrected chi connectivity index (χ2v) is 11.8. The van der Waals surface area contributed by atoms with Crippen molar-refractivity contribution in [3.63, 3.8) is 0 Å². The minimum atomic E-state index is -0.196. The van der Waals surface area contributed by atoms with E-state index < -0.39 is 0 Å². The average molecular weight is 461 g/mol. The van der Waals surface area contributed by atoms with E-state index >= 15 is 0 Å². The van der Waals surface area contributed by atoms with Crippen LogP contribution in [0.3, 0.4) is 0 Å². The summed E-state index contributed by atoms with van der Waals surface area (Å²) >= 11 is 0.0736. The molecule has 150 valence electrons. The summed E-state index contributed by atoms with van der Waals surface area (Å²) in [5, 5.41) is 0. The summed E-state index contributed by atoms with van der Waals surface area (Å²) in [7, 11) is 0. The van der Waals surface area contributed by atoms with Gasteiger partial charge in [0.2, 0.25) is 0 Å². The Labute approximate surface area is 169 Å².